The third-order valence-corrected chi connectivity index (χ3v) is 6.12. The van der Waals surface area contributed by atoms with Crippen LogP contribution in [0.5, 0.6) is 5.88 Å². The minimum absolute atomic E-state index is 0.0572. The van der Waals surface area contributed by atoms with E-state index in [9.17, 15) is 13.6 Å². The van der Waals surface area contributed by atoms with Crippen molar-refractivity contribution in [2.75, 3.05) is 25.5 Å². The highest BCUT2D eigenvalue weighted by Gasteiger charge is 2.26. The number of aryl methyl sites for hydroxylation is 1. The van der Waals surface area contributed by atoms with Crippen LogP contribution >= 0.6 is 11.3 Å². The van der Waals surface area contributed by atoms with Gasteiger partial charge in [-0.25, -0.2) is 23.7 Å². The minimum Gasteiger partial charge on any atom is -0.469 e. The van der Waals surface area contributed by atoms with Crippen LogP contribution in [0.2, 0.25) is 0 Å². The molecule has 1 aliphatic heterocycles. The molecule has 0 aliphatic carbocycles. The number of nitrogens with one attached hydrogen (secondary N) is 1. The number of likely N-dealkylation sites (tertiary alicyclic amines) is 1. The van der Waals surface area contributed by atoms with Gasteiger partial charge in [-0.3, -0.25) is 9.48 Å². The van der Waals surface area contributed by atoms with Gasteiger partial charge in [-0.05, 0) is 12.5 Å². The summed E-state index contributed by atoms with van der Waals surface area (Å²) in [6.45, 7) is -0.0479. The van der Waals surface area contributed by atoms with Crippen LogP contribution in [0, 0.1) is 0 Å². The lowest BCUT2D eigenvalue weighted by Crippen LogP contribution is -2.24. The van der Waals surface area contributed by atoms with Gasteiger partial charge in [0.2, 0.25) is 5.95 Å². The van der Waals surface area contributed by atoms with Crippen molar-refractivity contribution in [2.24, 2.45) is 7.05 Å². The molecule has 4 heterocycles. The third-order valence-electron chi connectivity index (χ3n) is 5.23. The lowest BCUT2D eigenvalue weighted by Gasteiger charge is -2.07. The van der Waals surface area contributed by atoms with Crippen molar-refractivity contribution in [3.8, 4) is 27.8 Å². The lowest BCUT2D eigenvalue weighted by molar-refractivity contribution is -0.133. The molecular weight excluding hydrogens is 504 g/mol. The number of aromatic nitrogens is 5. The number of ether oxygens (including phenoxy) is 1. The van der Waals surface area contributed by atoms with Gasteiger partial charge in [0, 0.05) is 37.8 Å². The maximum absolute atomic E-state index is 12.4. The number of likely N-dealkylation sites (N-methyl/N-ethyl adjacent to an activating group) is 1. The fourth-order valence-electron chi connectivity index (χ4n) is 3.39. The van der Waals surface area contributed by atoms with Gasteiger partial charge in [0.15, 0.2) is 6.61 Å². The van der Waals surface area contributed by atoms with Crippen LogP contribution in [-0.4, -0.2) is 73.4 Å². The first kappa shape index (κ1) is 26.1. The van der Waals surface area contributed by atoms with E-state index in [0.717, 1.165) is 16.3 Å². The Bertz CT molecular complexity index is 1320. The van der Waals surface area contributed by atoms with Crippen LogP contribution in [0.15, 0.2) is 54.2 Å². The lowest BCUT2D eigenvalue weighted by atomic mass is 10.2. The van der Waals surface area contributed by atoms with Crippen molar-refractivity contribution in [1.29, 1.82) is 0 Å². The number of halogens is 2. The van der Waals surface area contributed by atoms with E-state index < -0.39 is 19.1 Å². The van der Waals surface area contributed by atoms with E-state index in [-0.39, 0.29) is 17.7 Å². The molecule has 13 heteroatoms. The summed E-state index contributed by atoms with van der Waals surface area (Å²) in [6.07, 6.45) is 0.484. The van der Waals surface area contributed by atoms with Crippen molar-refractivity contribution in [2.45, 2.75) is 19.0 Å². The second-order valence-electron chi connectivity index (χ2n) is 8.08. The summed E-state index contributed by atoms with van der Waals surface area (Å²) < 4.78 is 31.4. The largest absolute Gasteiger partial charge is 0.469 e. The van der Waals surface area contributed by atoms with Gasteiger partial charge in [0.1, 0.15) is 22.5 Å². The molecule has 37 heavy (non-hydrogen) atoms. The van der Waals surface area contributed by atoms with Crippen LogP contribution in [0.1, 0.15) is 6.42 Å². The average Bonchev–Trinajstić information content (AvgIpc) is 3.60. The van der Waals surface area contributed by atoms with E-state index in [4.69, 9.17) is 9.84 Å². The molecule has 1 atom stereocenters. The standard InChI is InChI=1S/C19H16F2N6OS.C5H9NO2/c1-27-9-14(17(26-27)28-10-16(20)21)25-19-22-8-7-13(24-19)15-11-29-18(23-15)12-5-3-2-4-6-12;1-6-3-2-4(7)5(6)8/h2-9,11,16H,10H2,1H3,(H,22,24,25);4,7H,2-3H2,1H3. The number of hydrogen-bond acceptors (Lipinski definition) is 9. The molecule has 1 saturated heterocycles. The SMILES string of the molecule is CN1CCC(O)C1=O.Cn1cc(Nc2nccc(-c3csc(-c4ccccc4)n3)n2)c(OCC(F)F)n1. The number of alkyl halides is 2. The molecule has 1 aromatic carbocycles. The normalized spacial score (nSPS) is 15.0. The summed E-state index contributed by atoms with van der Waals surface area (Å²) in [5, 5.41) is 18.6. The predicted molar refractivity (Wildman–Crippen MR) is 135 cm³/mol. The van der Waals surface area contributed by atoms with Crippen LogP contribution in [0.25, 0.3) is 22.0 Å². The van der Waals surface area contributed by atoms with Crippen LogP contribution in [-0.2, 0) is 11.8 Å². The second-order valence-corrected chi connectivity index (χ2v) is 8.94. The summed E-state index contributed by atoms with van der Waals surface area (Å²) in [7, 11) is 3.36. The number of carbonyl (C=O) groups excluding carboxylic acids is 1. The molecule has 1 aliphatic rings. The molecule has 0 spiro atoms. The highest BCUT2D eigenvalue weighted by Crippen LogP contribution is 2.29. The molecule has 1 fully saturated rings. The number of rotatable bonds is 7. The monoisotopic (exact) mass is 529 g/mol. The molecule has 194 valence electrons. The van der Waals surface area contributed by atoms with Crippen molar-refractivity contribution in [3.05, 3.63) is 54.2 Å². The summed E-state index contributed by atoms with van der Waals surface area (Å²) >= 11 is 1.53. The van der Waals surface area contributed by atoms with Crippen molar-refractivity contribution < 1.29 is 23.4 Å². The van der Waals surface area contributed by atoms with Crippen LogP contribution in [0.3, 0.4) is 0 Å². The van der Waals surface area contributed by atoms with Crippen LogP contribution in [0.4, 0.5) is 20.4 Å². The van der Waals surface area contributed by atoms with E-state index in [1.165, 1.54) is 20.9 Å². The summed E-state index contributed by atoms with van der Waals surface area (Å²) in [5.41, 5.74) is 2.79. The van der Waals surface area contributed by atoms with E-state index in [2.05, 4.69) is 25.4 Å². The number of aliphatic hydroxyl groups is 1. The van der Waals surface area contributed by atoms with Gasteiger partial charge in [0.05, 0.1) is 11.9 Å². The van der Waals surface area contributed by atoms with Gasteiger partial charge in [-0.2, -0.15) is 0 Å². The van der Waals surface area contributed by atoms with E-state index in [1.54, 1.807) is 32.6 Å². The summed E-state index contributed by atoms with van der Waals surface area (Å²) in [5.74, 6) is 0.193. The van der Waals surface area contributed by atoms with E-state index in [0.29, 0.717) is 24.3 Å². The molecule has 0 radical (unpaired) electrons. The maximum atomic E-state index is 12.4. The van der Waals surface area contributed by atoms with Crippen molar-refractivity contribution >= 4 is 28.9 Å². The first-order valence-electron chi connectivity index (χ1n) is 11.3. The fraction of sp³-hybridized carbons (Fsp3) is 0.292. The number of carbonyl (C=O) groups is 1. The Morgan fingerprint density at radius 3 is 2.62 bits per heavy atom. The number of anilines is 2. The number of amides is 1. The van der Waals surface area contributed by atoms with Gasteiger partial charge >= 0.3 is 0 Å². The number of aliphatic hydroxyl groups excluding tert-OH is 1. The predicted octanol–water partition coefficient (Wildman–Crippen LogP) is 3.60. The number of thiazole rings is 1. The zero-order valence-corrected chi connectivity index (χ0v) is 20.9. The number of hydrogen-bond donors (Lipinski definition) is 2. The van der Waals surface area contributed by atoms with Crippen molar-refractivity contribution in [1.82, 2.24) is 29.6 Å². The summed E-state index contributed by atoms with van der Waals surface area (Å²) in [6, 6.07) is 11.6. The first-order valence-corrected chi connectivity index (χ1v) is 12.2. The Kier molecular flexibility index (Phi) is 8.36. The van der Waals surface area contributed by atoms with Crippen LogP contribution < -0.4 is 10.1 Å². The number of nitrogens with zero attached hydrogens (tertiary/aromatic N) is 6. The smallest absolute Gasteiger partial charge is 0.272 e. The maximum Gasteiger partial charge on any atom is 0.272 e. The Morgan fingerprint density at radius 1 is 1.19 bits per heavy atom. The van der Waals surface area contributed by atoms with Gasteiger partial charge < -0.3 is 20.1 Å². The molecule has 1 unspecified atom stereocenters. The molecule has 1 amide bonds. The quantitative estimate of drug-likeness (QED) is 0.373. The molecular formula is C24H25F2N7O3S. The molecule has 0 saturated carbocycles. The Hall–Kier alpha value is -3.97. The summed E-state index contributed by atoms with van der Waals surface area (Å²) in [4.78, 5) is 25.4. The Labute approximate surface area is 215 Å². The van der Waals surface area contributed by atoms with Crippen molar-refractivity contribution in [3.63, 3.8) is 0 Å². The fourth-order valence-corrected chi connectivity index (χ4v) is 4.21. The molecule has 2 N–H and O–H groups in total. The average molecular weight is 530 g/mol. The number of benzene rings is 1. The molecule has 10 nitrogen and oxygen atoms in total. The highest BCUT2D eigenvalue weighted by atomic mass is 32.1. The molecule has 3 aromatic heterocycles. The third kappa shape index (κ3) is 6.83. The zero-order chi connectivity index (χ0) is 26.4. The van der Waals surface area contributed by atoms with Gasteiger partial charge in [0.25, 0.3) is 18.2 Å². The minimum atomic E-state index is -2.59. The van der Waals surface area contributed by atoms with E-state index >= 15 is 0 Å². The second kappa shape index (κ2) is 11.8. The molecule has 5 rings (SSSR count). The van der Waals surface area contributed by atoms with Gasteiger partial charge in [-0.15, -0.1) is 16.4 Å². The Balaban J connectivity index is 0.000000342. The van der Waals surface area contributed by atoms with E-state index in [1.807, 2.05) is 35.7 Å². The highest BCUT2D eigenvalue weighted by molar-refractivity contribution is 7.13. The molecule has 4 aromatic rings. The first-order chi connectivity index (χ1) is 17.8. The Morgan fingerprint density at radius 2 is 1.97 bits per heavy atom. The topological polar surface area (TPSA) is 118 Å². The zero-order valence-electron chi connectivity index (χ0n) is 20.1. The van der Waals surface area contributed by atoms with Gasteiger partial charge in [-0.1, -0.05) is 30.3 Å². The molecule has 0 bridgehead atoms.